The first-order valence-electron chi connectivity index (χ1n) is 17.7. The predicted octanol–water partition coefficient (Wildman–Crippen LogP) is 12.3. The number of fused-ring (bicyclic) bond motifs is 1. The van der Waals surface area contributed by atoms with Crippen LogP contribution in [0.15, 0.2) is 146 Å². The van der Waals surface area contributed by atoms with Crippen molar-refractivity contribution in [1.29, 1.82) is 0 Å². The van der Waals surface area contributed by atoms with Crippen LogP contribution in [-0.4, -0.2) is 0 Å². The van der Waals surface area contributed by atoms with Gasteiger partial charge in [-0.25, -0.2) is 0 Å². The zero-order valence-electron chi connectivity index (χ0n) is 27.7. The van der Waals surface area contributed by atoms with E-state index in [-0.39, 0.29) is 0 Å². The van der Waals surface area contributed by atoms with Gasteiger partial charge in [-0.1, -0.05) is 169 Å². The van der Waals surface area contributed by atoms with Gasteiger partial charge in [-0.05, 0) is 101 Å². The summed E-state index contributed by atoms with van der Waals surface area (Å²) in [6.45, 7) is 0. The van der Waals surface area contributed by atoms with Crippen molar-refractivity contribution < 1.29 is 0 Å². The minimum absolute atomic E-state index is 1.02. The molecule has 0 nitrogen and oxygen atoms in total. The molecular formula is C50H32. The van der Waals surface area contributed by atoms with Crippen LogP contribution in [0.2, 0.25) is 0 Å². The van der Waals surface area contributed by atoms with Gasteiger partial charge in [-0.15, -0.1) is 0 Å². The van der Waals surface area contributed by atoms with E-state index >= 15 is 0 Å². The number of hydrogen-bond acceptors (Lipinski definition) is 0. The monoisotopic (exact) mass is 632 g/mol. The summed E-state index contributed by atoms with van der Waals surface area (Å²) in [5.41, 5.74) is 7.16. The third kappa shape index (κ3) is 4.43. The highest BCUT2D eigenvalue weighted by atomic mass is 14.2. The number of rotatable bonds is 0. The molecule has 0 radical (unpaired) electrons. The smallest absolute Gasteiger partial charge is 0.0406 e. The summed E-state index contributed by atoms with van der Waals surface area (Å²) < 4.78 is 0. The third-order valence-corrected chi connectivity index (χ3v) is 10.7. The summed E-state index contributed by atoms with van der Waals surface area (Å²) >= 11 is 0. The van der Waals surface area contributed by atoms with Crippen LogP contribution in [0.4, 0.5) is 0 Å². The average Bonchev–Trinajstić information content (AvgIpc) is 3.18. The van der Waals surface area contributed by atoms with Crippen LogP contribution in [0, 0.1) is 23.7 Å². The van der Waals surface area contributed by atoms with Gasteiger partial charge in [0.1, 0.15) is 0 Å². The lowest BCUT2D eigenvalue weighted by Gasteiger charge is -2.16. The van der Waals surface area contributed by atoms with Crippen molar-refractivity contribution in [2.75, 3.05) is 0 Å². The van der Waals surface area contributed by atoms with Crippen LogP contribution in [0.5, 0.6) is 0 Å². The maximum absolute atomic E-state index is 3.76. The Labute approximate surface area is 292 Å². The Balaban J connectivity index is 1.36. The van der Waals surface area contributed by atoms with Gasteiger partial charge in [0.25, 0.3) is 0 Å². The highest BCUT2D eigenvalue weighted by molar-refractivity contribution is 6.12. The second-order valence-electron chi connectivity index (χ2n) is 13.4. The van der Waals surface area contributed by atoms with Crippen molar-refractivity contribution in [2.45, 2.75) is 25.7 Å². The molecule has 0 amide bonds. The van der Waals surface area contributed by atoms with Crippen LogP contribution >= 0.6 is 0 Å². The molecule has 0 heterocycles. The summed E-state index contributed by atoms with van der Waals surface area (Å²) in [5.74, 6) is 15.0. The zero-order valence-corrected chi connectivity index (χ0v) is 27.7. The first-order valence-corrected chi connectivity index (χ1v) is 17.7. The van der Waals surface area contributed by atoms with Gasteiger partial charge >= 0.3 is 0 Å². The molecule has 0 aromatic heterocycles. The van der Waals surface area contributed by atoms with Gasteiger partial charge in [0.05, 0.1) is 0 Å². The summed E-state index contributed by atoms with van der Waals surface area (Å²) in [7, 11) is 0. The Morgan fingerprint density at radius 3 is 0.640 bits per heavy atom. The molecule has 0 spiro atoms. The van der Waals surface area contributed by atoms with Gasteiger partial charge in [0, 0.05) is 22.3 Å². The number of hydrogen-bond donors (Lipinski definition) is 0. The molecule has 232 valence electrons. The van der Waals surface area contributed by atoms with Crippen LogP contribution in [-0.2, 0) is 12.8 Å². The van der Waals surface area contributed by atoms with Gasteiger partial charge in [0.2, 0.25) is 0 Å². The van der Waals surface area contributed by atoms with E-state index in [9.17, 15) is 0 Å². The Hall–Kier alpha value is -6.34. The second kappa shape index (κ2) is 11.7. The molecule has 0 unspecified atom stereocenters. The first-order chi connectivity index (χ1) is 24.8. The SMILES string of the molecule is C1#Cc2c3ccccc3c(c3ccccc23)CCCCc2c3ccccc3c(c3ccccc23)C#Cc2c3ccccc3c1c1ccccc21. The van der Waals surface area contributed by atoms with E-state index in [1.165, 1.54) is 54.2 Å². The van der Waals surface area contributed by atoms with Crippen molar-refractivity contribution in [3.05, 3.63) is 179 Å². The Morgan fingerprint density at radius 2 is 0.420 bits per heavy atom. The fraction of sp³-hybridized carbons (Fsp3) is 0.0800. The van der Waals surface area contributed by atoms with Crippen molar-refractivity contribution >= 4 is 64.6 Å². The molecule has 0 atom stereocenters. The standard InChI is InChI=1S/C50H32/c1-2-16-34-37-19-5-9-23-41(37)48(42-24-10-6-20-38(34)42)30-32-50-45-27-13-11-25-43(45)49(44-26-12-14-28-46(44)50)31-29-47-39-21-7-3-17-35(39)33(15-1)36-18-4-8-22-40(36)47/h3-14,17-28H,1-2,15-16H2. The molecule has 3 aliphatic carbocycles. The van der Waals surface area contributed by atoms with E-state index in [1.807, 2.05) is 0 Å². The largest absolute Gasteiger partial charge is 0.0616 e. The van der Waals surface area contributed by atoms with Crippen molar-refractivity contribution in [2.24, 2.45) is 0 Å². The molecule has 0 saturated heterocycles. The molecule has 6 bridgehead atoms. The molecule has 50 heavy (non-hydrogen) atoms. The van der Waals surface area contributed by atoms with Gasteiger partial charge < -0.3 is 0 Å². The topological polar surface area (TPSA) is 0 Å². The van der Waals surface area contributed by atoms with Gasteiger partial charge in [-0.2, -0.15) is 0 Å². The van der Waals surface area contributed by atoms with Gasteiger partial charge in [0.15, 0.2) is 0 Å². The second-order valence-corrected chi connectivity index (χ2v) is 13.4. The van der Waals surface area contributed by atoms with E-state index in [2.05, 4.69) is 169 Å². The van der Waals surface area contributed by atoms with Crippen molar-refractivity contribution in [3.63, 3.8) is 0 Å². The predicted molar refractivity (Wildman–Crippen MR) is 213 cm³/mol. The minimum atomic E-state index is 1.02. The Bertz CT molecular complexity index is 2610. The summed E-state index contributed by atoms with van der Waals surface area (Å²) in [5, 5.41) is 14.7. The molecule has 9 aromatic carbocycles. The number of benzene rings is 9. The van der Waals surface area contributed by atoms with Crippen molar-refractivity contribution in [3.8, 4) is 23.7 Å². The summed E-state index contributed by atoms with van der Waals surface area (Å²) in [4.78, 5) is 0. The third-order valence-electron chi connectivity index (χ3n) is 10.7. The fourth-order valence-corrected chi connectivity index (χ4v) is 8.50. The average molecular weight is 633 g/mol. The highest BCUT2D eigenvalue weighted by Gasteiger charge is 2.17. The summed E-state index contributed by atoms with van der Waals surface area (Å²) in [6.07, 6.45) is 4.25. The molecule has 9 aromatic rings. The lowest BCUT2D eigenvalue weighted by molar-refractivity contribution is 0.744. The minimum Gasteiger partial charge on any atom is -0.0616 e. The maximum atomic E-state index is 3.76. The van der Waals surface area contributed by atoms with Crippen LogP contribution in [0.1, 0.15) is 46.2 Å². The molecular weight excluding hydrogens is 601 g/mol. The van der Waals surface area contributed by atoms with E-state index < -0.39 is 0 Å². The molecule has 3 aliphatic rings. The number of aryl methyl sites for hydroxylation is 2. The van der Waals surface area contributed by atoms with Gasteiger partial charge in [-0.3, -0.25) is 0 Å². The normalized spacial score (nSPS) is 12.9. The van der Waals surface area contributed by atoms with Crippen molar-refractivity contribution in [1.82, 2.24) is 0 Å². The van der Waals surface area contributed by atoms with E-state index in [0.717, 1.165) is 69.5 Å². The molecule has 0 N–H and O–H groups in total. The van der Waals surface area contributed by atoms with Crippen LogP contribution in [0.3, 0.4) is 0 Å². The van der Waals surface area contributed by atoms with Crippen LogP contribution in [0.25, 0.3) is 64.6 Å². The summed E-state index contributed by atoms with van der Waals surface area (Å²) in [6, 6.07) is 52.9. The molecule has 0 saturated carbocycles. The first kappa shape index (κ1) is 28.7. The van der Waals surface area contributed by atoms with E-state index in [0.29, 0.717) is 0 Å². The fourth-order valence-electron chi connectivity index (χ4n) is 8.50. The maximum Gasteiger partial charge on any atom is 0.0406 e. The Kier molecular flexibility index (Phi) is 6.69. The zero-order chi connectivity index (χ0) is 33.0. The lowest BCUT2D eigenvalue weighted by atomic mass is 9.87. The quantitative estimate of drug-likeness (QED) is 0.115. The van der Waals surface area contributed by atoms with Crippen LogP contribution < -0.4 is 0 Å². The Morgan fingerprint density at radius 1 is 0.240 bits per heavy atom. The molecule has 12 rings (SSSR count). The highest BCUT2D eigenvalue weighted by Crippen LogP contribution is 2.38. The molecule has 0 aliphatic heterocycles. The van der Waals surface area contributed by atoms with E-state index in [1.54, 1.807) is 0 Å². The molecule has 0 fully saturated rings. The molecule has 0 heteroatoms. The lowest BCUT2D eigenvalue weighted by Crippen LogP contribution is -1.98. The van der Waals surface area contributed by atoms with E-state index in [4.69, 9.17) is 0 Å².